The summed E-state index contributed by atoms with van der Waals surface area (Å²) < 4.78 is 0.935. The van der Waals surface area contributed by atoms with Crippen LogP contribution in [0.5, 0.6) is 0 Å². The fourth-order valence-corrected chi connectivity index (χ4v) is 1.64. The van der Waals surface area contributed by atoms with Crippen molar-refractivity contribution < 1.29 is 0 Å². The molecule has 1 aromatic carbocycles. The molecule has 0 aliphatic rings. The van der Waals surface area contributed by atoms with Gasteiger partial charge >= 0.3 is 0 Å². The first-order valence-corrected chi connectivity index (χ1v) is 6.43. The van der Waals surface area contributed by atoms with E-state index in [0.717, 1.165) is 10.2 Å². The number of hydrogen-bond donors (Lipinski definition) is 3. The van der Waals surface area contributed by atoms with Crippen LogP contribution in [-0.4, -0.2) is 12.5 Å². The third kappa shape index (κ3) is 4.93. The van der Waals surface area contributed by atoms with Gasteiger partial charge in [0, 0.05) is 11.0 Å². The normalized spacial score (nSPS) is 11.8. The van der Waals surface area contributed by atoms with Crippen LogP contribution in [0.3, 0.4) is 0 Å². The van der Waals surface area contributed by atoms with E-state index in [4.69, 9.17) is 17.4 Å². The lowest BCUT2D eigenvalue weighted by molar-refractivity contribution is 0.663. The number of hydrogen-bond acceptors (Lipinski definition) is 2. The van der Waals surface area contributed by atoms with Crippen molar-refractivity contribution in [3.63, 3.8) is 0 Å². The second-order valence-electron chi connectivity index (χ2n) is 3.98. The number of nitrogens with one attached hydrogen (secondary N) is 2. The minimum absolute atomic E-state index is 0.470. The minimum Gasteiger partial charge on any atom is -0.324 e. The van der Waals surface area contributed by atoms with Crippen LogP contribution in [0.25, 0.3) is 0 Å². The number of rotatable bonds is 3. The zero-order valence-electron chi connectivity index (χ0n) is 9.80. The molecule has 4 nitrogen and oxygen atoms in total. The highest BCUT2D eigenvalue weighted by molar-refractivity contribution is 9.10. The van der Waals surface area contributed by atoms with E-state index in [1.54, 1.807) is 6.07 Å². The molecule has 6 heteroatoms. The molecule has 0 aromatic heterocycles. The van der Waals surface area contributed by atoms with Gasteiger partial charge in [-0.3, -0.25) is 10.4 Å². The number of nitrogens with zero attached hydrogens (tertiary/aromatic N) is 1. The van der Waals surface area contributed by atoms with Crippen LogP contribution < -0.4 is 16.6 Å². The summed E-state index contributed by atoms with van der Waals surface area (Å²) in [7, 11) is 0. The molecule has 0 heterocycles. The zero-order valence-corrected chi connectivity index (χ0v) is 12.1. The van der Waals surface area contributed by atoms with Gasteiger partial charge in [-0.2, -0.15) is 0 Å². The minimum atomic E-state index is 0.470. The Morgan fingerprint density at radius 2 is 2.24 bits per heavy atom. The van der Waals surface area contributed by atoms with Crippen LogP contribution >= 0.6 is 27.5 Å². The molecule has 1 aromatic rings. The lowest BCUT2D eigenvalue weighted by atomic mass is 10.2. The summed E-state index contributed by atoms with van der Waals surface area (Å²) in [6.07, 6.45) is 0. The van der Waals surface area contributed by atoms with E-state index < -0.39 is 0 Å². The van der Waals surface area contributed by atoms with Crippen LogP contribution in [0.1, 0.15) is 13.8 Å². The van der Waals surface area contributed by atoms with Gasteiger partial charge in [0.2, 0.25) is 5.96 Å². The average molecular weight is 320 g/mol. The molecule has 0 unspecified atom stereocenters. The highest BCUT2D eigenvalue weighted by atomic mass is 79.9. The highest BCUT2D eigenvalue weighted by Gasteiger charge is 2.04. The van der Waals surface area contributed by atoms with Crippen LogP contribution in [0.2, 0.25) is 5.02 Å². The topological polar surface area (TPSA) is 62.4 Å². The maximum absolute atomic E-state index is 6.05. The van der Waals surface area contributed by atoms with Crippen LogP contribution in [0, 0.1) is 5.92 Å². The van der Waals surface area contributed by atoms with Gasteiger partial charge in [0.25, 0.3) is 0 Å². The van der Waals surface area contributed by atoms with Crippen molar-refractivity contribution in [3.8, 4) is 0 Å². The largest absolute Gasteiger partial charge is 0.324 e. The van der Waals surface area contributed by atoms with Gasteiger partial charge in [-0.25, -0.2) is 5.84 Å². The fourth-order valence-electron chi connectivity index (χ4n) is 1.12. The number of hydrazine groups is 1. The van der Waals surface area contributed by atoms with Crippen LogP contribution in [0.15, 0.2) is 27.7 Å². The smallest absolute Gasteiger partial charge is 0.210 e. The third-order valence-electron chi connectivity index (χ3n) is 1.93. The molecular weight excluding hydrogens is 304 g/mol. The summed E-state index contributed by atoms with van der Waals surface area (Å²) >= 11 is 9.43. The van der Waals surface area contributed by atoms with E-state index in [1.165, 1.54) is 0 Å². The molecule has 17 heavy (non-hydrogen) atoms. The predicted molar refractivity (Wildman–Crippen MR) is 77.2 cm³/mol. The summed E-state index contributed by atoms with van der Waals surface area (Å²) in [5.74, 6) is 6.37. The molecule has 0 atom stereocenters. The van der Waals surface area contributed by atoms with Gasteiger partial charge in [0.1, 0.15) is 0 Å². The summed E-state index contributed by atoms with van der Waals surface area (Å²) in [6, 6.07) is 5.53. The monoisotopic (exact) mass is 318 g/mol. The van der Waals surface area contributed by atoms with E-state index >= 15 is 0 Å². The summed E-state index contributed by atoms with van der Waals surface area (Å²) in [5.41, 5.74) is 3.27. The summed E-state index contributed by atoms with van der Waals surface area (Å²) in [4.78, 5) is 4.30. The van der Waals surface area contributed by atoms with Gasteiger partial charge in [0.15, 0.2) is 0 Å². The van der Waals surface area contributed by atoms with Crippen molar-refractivity contribution in [1.82, 2.24) is 5.43 Å². The number of guanidine groups is 1. The molecule has 4 N–H and O–H groups in total. The lowest BCUT2D eigenvalue weighted by Gasteiger charge is -2.11. The second-order valence-corrected chi connectivity index (χ2v) is 5.30. The molecule has 0 spiro atoms. The van der Waals surface area contributed by atoms with Gasteiger partial charge in [0.05, 0.1) is 10.7 Å². The van der Waals surface area contributed by atoms with Crippen LogP contribution in [-0.2, 0) is 0 Å². The van der Waals surface area contributed by atoms with E-state index in [0.29, 0.717) is 23.4 Å². The van der Waals surface area contributed by atoms with Crippen molar-refractivity contribution >= 4 is 39.2 Å². The fraction of sp³-hybridized carbons (Fsp3) is 0.364. The molecule has 0 saturated heterocycles. The Morgan fingerprint density at radius 1 is 1.53 bits per heavy atom. The number of benzene rings is 1. The first-order chi connectivity index (χ1) is 8.02. The van der Waals surface area contributed by atoms with Gasteiger partial charge in [-0.05, 0) is 24.1 Å². The molecule has 0 aliphatic carbocycles. The molecule has 0 amide bonds. The number of nitrogens with two attached hydrogens (primary N) is 1. The summed E-state index contributed by atoms with van der Waals surface area (Å²) in [6.45, 7) is 4.87. The van der Waals surface area contributed by atoms with Gasteiger partial charge in [-0.1, -0.05) is 41.4 Å². The molecular formula is C11H16BrClN4. The van der Waals surface area contributed by atoms with E-state index in [9.17, 15) is 0 Å². The van der Waals surface area contributed by atoms with E-state index in [1.807, 2.05) is 12.1 Å². The maximum Gasteiger partial charge on any atom is 0.210 e. The molecule has 0 radical (unpaired) electrons. The van der Waals surface area contributed by atoms with Crippen LogP contribution in [0.4, 0.5) is 5.69 Å². The Hall–Kier alpha value is -0.780. The van der Waals surface area contributed by atoms with Crippen molar-refractivity contribution in [2.24, 2.45) is 16.8 Å². The Bertz CT molecular complexity index is 406. The van der Waals surface area contributed by atoms with Gasteiger partial charge < -0.3 is 5.32 Å². The molecule has 0 bridgehead atoms. The van der Waals surface area contributed by atoms with Crippen molar-refractivity contribution in [2.75, 3.05) is 11.9 Å². The third-order valence-corrected chi connectivity index (χ3v) is 2.76. The zero-order chi connectivity index (χ0) is 12.8. The van der Waals surface area contributed by atoms with E-state index in [2.05, 4.69) is 45.5 Å². The first-order valence-electron chi connectivity index (χ1n) is 5.26. The molecule has 0 fully saturated rings. The average Bonchev–Trinajstić information content (AvgIpc) is 2.28. The Balaban J connectivity index is 2.80. The molecule has 94 valence electrons. The summed E-state index contributed by atoms with van der Waals surface area (Å²) in [5, 5.41) is 3.66. The second kappa shape index (κ2) is 6.83. The molecule has 1 rings (SSSR count). The predicted octanol–water partition coefficient (Wildman–Crippen LogP) is 2.99. The standard InChI is InChI=1S/C11H16BrClN4/c1-7(2)6-15-11(17-14)16-10-5-8(12)3-4-9(10)13/h3-5,7H,6,14H2,1-2H3,(H2,15,16,17). The Labute approximate surface area is 115 Å². The van der Waals surface area contributed by atoms with Gasteiger partial charge in [-0.15, -0.1) is 0 Å². The number of halogens is 2. The molecule has 0 saturated carbocycles. The SMILES string of the molecule is CC(C)CN=C(NN)Nc1cc(Br)ccc1Cl. The maximum atomic E-state index is 6.05. The first kappa shape index (κ1) is 14.3. The number of anilines is 1. The Kier molecular flexibility index (Phi) is 5.74. The quantitative estimate of drug-likeness (QED) is 0.347. The Morgan fingerprint density at radius 3 is 2.82 bits per heavy atom. The number of aliphatic imine (C=N–C) groups is 1. The van der Waals surface area contributed by atoms with Crippen molar-refractivity contribution in [2.45, 2.75) is 13.8 Å². The van der Waals surface area contributed by atoms with Crippen molar-refractivity contribution in [1.29, 1.82) is 0 Å². The lowest BCUT2D eigenvalue weighted by Crippen LogP contribution is -2.36. The highest BCUT2D eigenvalue weighted by Crippen LogP contribution is 2.25. The van der Waals surface area contributed by atoms with Crippen molar-refractivity contribution in [3.05, 3.63) is 27.7 Å². The molecule has 0 aliphatic heterocycles. The van der Waals surface area contributed by atoms with E-state index in [-0.39, 0.29) is 0 Å².